The third-order valence-electron chi connectivity index (χ3n) is 3.57. The number of rotatable bonds is 4. The molecule has 2 unspecified atom stereocenters. The molecule has 76 valence electrons. The predicted molar refractivity (Wildman–Crippen MR) is 60.2 cm³/mol. The van der Waals surface area contributed by atoms with E-state index in [1.165, 1.54) is 37.2 Å². The topological polar surface area (TPSA) is 12.0 Å². The van der Waals surface area contributed by atoms with Gasteiger partial charge in [0.15, 0.2) is 0 Å². The van der Waals surface area contributed by atoms with Gasteiger partial charge in [-0.25, -0.2) is 0 Å². The van der Waals surface area contributed by atoms with Gasteiger partial charge in [0, 0.05) is 6.04 Å². The maximum atomic E-state index is 3.71. The van der Waals surface area contributed by atoms with Gasteiger partial charge >= 0.3 is 0 Å². The SMILES string of the molecule is CCNC(C1CCC1)C1CCSC1. The van der Waals surface area contributed by atoms with Gasteiger partial charge in [0.05, 0.1) is 0 Å². The van der Waals surface area contributed by atoms with Gasteiger partial charge in [0.1, 0.15) is 0 Å². The van der Waals surface area contributed by atoms with E-state index in [1.807, 2.05) is 0 Å². The van der Waals surface area contributed by atoms with E-state index in [-0.39, 0.29) is 0 Å². The van der Waals surface area contributed by atoms with Gasteiger partial charge in [-0.2, -0.15) is 11.8 Å². The van der Waals surface area contributed by atoms with Crippen molar-refractivity contribution in [2.75, 3.05) is 18.1 Å². The molecule has 2 rings (SSSR count). The van der Waals surface area contributed by atoms with Crippen LogP contribution in [0.15, 0.2) is 0 Å². The summed E-state index contributed by atoms with van der Waals surface area (Å²) < 4.78 is 0. The molecular formula is C11H21NS. The van der Waals surface area contributed by atoms with E-state index in [9.17, 15) is 0 Å². The molecule has 13 heavy (non-hydrogen) atoms. The number of hydrogen-bond acceptors (Lipinski definition) is 2. The van der Waals surface area contributed by atoms with Crippen molar-refractivity contribution in [1.82, 2.24) is 5.32 Å². The smallest absolute Gasteiger partial charge is 0.0132 e. The summed E-state index contributed by atoms with van der Waals surface area (Å²) >= 11 is 2.15. The molecule has 2 heteroatoms. The third-order valence-corrected chi connectivity index (χ3v) is 4.76. The summed E-state index contributed by atoms with van der Waals surface area (Å²) in [6, 6.07) is 0.855. The van der Waals surface area contributed by atoms with Gasteiger partial charge in [0.2, 0.25) is 0 Å². The summed E-state index contributed by atoms with van der Waals surface area (Å²) in [4.78, 5) is 0. The van der Waals surface area contributed by atoms with Gasteiger partial charge in [-0.3, -0.25) is 0 Å². The van der Waals surface area contributed by atoms with Crippen molar-refractivity contribution in [2.45, 2.75) is 38.6 Å². The molecule has 0 aromatic rings. The van der Waals surface area contributed by atoms with Crippen LogP contribution in [-0.4, -0.2) is 24.1 Å². The molecule has 1 aliphatic carbocycles. The van der Waals surface area contributed by atoms with Gasteiger partial charge in [-0.05, 0) is 49.1 Å². The zero-order valence-corrected chi connectivity index (χ0v) is 9.41. The van der Waals surface area contributed by atoms with Gasteiger partial charge in [-0.15, -0.1) is 0 Å². The van der Waals surface area contributed by atoms with Crippen molar-refractivity contribution >= 4 is 11.8 Å². The molecule has 1 aliphatic heterocycles. The molecule has 1 nitrogen and oxygen atoms in total. The highest BCUT2D eigenvalue weighted by atomic mass is 32.2. The Morgan fingerprint density at radius 1 is 1.31 bits per heavy atom. The molecule has 0 spiro atoms. The molecule has 1 heterocycles. The second-order valence-corrected chi connectivity index (χ2v) is 5.55. The Labute approximate surface area is 86.0 Å². The summed E-state index contributed by atoms with van der Waals surface area (Å²) in [5, 5.41) is 3.71. The highest BCUT2D eigenvalue weighted by molar-refractivity contribution is 7.99. The van der Waals surface area contributed by atoms with E-state index in [1.54, 1.807) is 0 Å². The Balaban J connectivity index is 1.86. The Bertz CT molecular complexity index is 150. The van der Waals surface area contributed by atoms with Crippen LogP contribution in [0, 0.1) is 11.8 Å². The molecule has 0 amide bonds. The maximum Gasteiger partial charge on any atom is 0.0132 e. The van der Waals surface area contributed by atoms with Crippen LogP contribution in [0.4, 0.5) is 0 Å². The molecule has 2 aliphatic rings. The molecule has 0 aromatic heterocycles. The molecule has 0 bridgehead atoms. The minimum atomic E-state index is 0.855. The van der Waals surface area contributed by atoms with Crippen LogP contribution in [0.25, 0.3) is 0 Å². The Kier molecular flexibility index (Phi) is 3.56. The lowest BCUT2D eigenvalue weighted by molar-refractivity contribution is 0.185. The first-order chi connectivity index (χ1) is 6.42. The van der Waals surface area contributed by atoms with Gasteiger partial charge in [-0.1, -0.05) is 13.3 Å². The third kappa shape index (κ3) is 2.21. The van der Waals surface area contributed by atoms with Crippen molar-refractivity contribution < 1.29 is 0 Å². The largest absolute Gasteiger partial charge is 0.314 e. The van der Waals surface area contributed by atoms with Crippen LogP contribution in [0.5, 0.6) is 0 Å². The second-order valence-electron chi connectivity index (χ2n) is 4.40. The molecule has 0 aromatic carbocycles. The maximum absolute atomic E-state index is 3.71. The highest BCUT2D eigenvalue weighted by Crippen LogP contribution is 2.37. The fraction of sp³-hybridized carbons (Fsp3) is 1.00. The first kappa shape index (κ1) is 9.85. The summed E-state index contributed by atoms with van der Waals surface area (Å²) in [7, 11) is 0. The van der Waals surface area contributed by atoms with Crippen LogP contribution in [0.3, 0.4) is 0 Å². The monoisotopic (exact) mass is 199 g/mol. The average Bonchev–Trinajstić information content (AvgIpc) is 2.51. The average molecular weight is 199 g/mol. The molecule has 1 saturated carbocycles. The van der Waals surface area contributed by atoms with Gasteiger partial charge < -0.3 is 5.32 Å². The number of thioether (sulfide) groups is 1. The van der Waals surface area contributed by atoms with Crippen LogP contribution >= 0.6 is 11.8 Å². The summed E-state index contributed by atoms with van der Waals surface area (Å²) in [5.74, 6) is 4.81. The van der Waals surface area contributed by atoms with Crippen molar-refractivity contribution in [3.05, 3.63) is 0 Å². The summed E-state index contributed by atoms with van der Waals surface area (Å²) in [5.41, 5.74) is 0. The van der Waals surface area contributed by atoms with Crippen LogP contribution in [0.1, 0.15) is 32.6 Å². The van der Waals surface area contributed by atoms with Crippen molar-refractivity contribution in [2.24, 2.45) is 11.8 Å². The van der Waals surface area contributed by atoms with Crippen molar-refractivity contribution in [1.29, 1.82) is 0 Å². The minimum Gasteiger partial charge on any atom is -0.314 e. The molecular weight excluding hydrogens is 178 g/mol. The van der Waals surface area contributed by atoms with E-state index in [2.05, 4.69) is 24.0 Å². The Hall–Kier alpha value is 0.310. The van der Waals surface area contributed by atoms with E-state index in [4.69, 9.17) is 0 Å². The fourth-order valence-corrected chi connectivity index (χ4v) is 3.90. The number of hydrogen-bond donors (Lipinski definition) is 1. The van der Waals surface area contributed by atoms with E-state index in [0.29, 0.717) is 0 Å². The molecule has 1 saturated heterocycles. The Morgan fingerprint density at radius 2 is 2.15 bits per heavy atom. The van der Waals surface area contributed by atoms with Crippen LogP contribution in [0.2, 0.25) is 0 Å². The fourth-order valence-electron chi connectivity index (χ4n) is 2.59. The Morgan fingerprint density at radius 3 is 2.62 bits per heavy atom. The van der Waals surface area contributed by atoms with E-state index < -0.39 is 0 Å². The minimum absolute atomic E-state index is 0.855. The highest BCUT2D eigenvalue weighted by Gasteiger charge is 2.33. The van der Waals surface area contributed by atoms with E-state index >= 15 is 0 Å². The van der Waals surface area contributed by atoms with Crippen LogP contribution < -0.4 is 5.32 Å². The van der Waals surface area contributed by atoms with Crippen molar-refractivity contribution in [3.8, 4) is 0 Å². The zero-order valence-electron chi connectivity index (χ0n) is 8.59. The summed E-state index contributed by atoms with van der Waals surface area (Å²) in [6.07, 6.45) is 5.91. The zero-order chi connectivity index (χ0) is 9.10. The normalized spacial score (nSPS) is 31.6. The predicted octanol–water partition coefficient (Wildman–Crippen LogP) is 2.52. The molecule has 0 radical (unpaired) electrons. The van der Waals surface area contributed by atoms with Crippen molar-refractivity contribution in [3.63, 3.8) is 0 Å². The molecule has 2 fully saturated rings. The first-order valence-electron chi connectivity index (χ1n) is 5.73. The van der Waals surface area contributed by atoms with E-state index in [0.717, 1.165) is 24.4 Å². The summed E-state index contributed by atoms with van der Waals surface area (Å²) in [6.45, 7) is 3.40. The molecule has 2 atom stereocenters. The standard InChI is InChI=1S/C11H21NS/c1-2-12-11(9-4-3-5-9)10-6-7-13-8-10/h9-12H,2-8H2,1H3. The second kappa shape index (κ2) is 4.70. The first-order valence-corrected chi connectivity index (χ1v) is 6.88. The lowest BCUT2D eigenvalue weighted by atomic mass is 9.75. The lowest BCUT2D eigenvalue weighted by Crippen LogP contribution is -2.44. The van der Waals surface area contributed by atoms with Crippen LogP contribution in [-0.2, 0) is 0 Å². The number of nitrogens with one attached hydrogen (secondary N) is 1. The molecule has 1 N–H and O–H groups in total. The quantitative estimate of drug-likeness (QED) is 0.746. The lowest BCUT2D eigenvalue weighted by Gasteiger charge is -2.37. The van der Waals surface area contributed by atoms with Gasteiger partial charge in [0.25, 0.3) is 0 Å².